The number of ether oxygens (including phenoxy) is 3. The van der Waals surface area contributed by atoms with Crippen LogP contribution in [0.3, 0.4) is 0 Å². The third kappa shape index (κ3) is 2.77. The molecule has 1 aromatic rings. The fraction of sp³-hybridized carbons (Fsp3) is 0.350. The van der Waals surface area contributed by atoms with Crippen molar-refractivity contribution in [2.24, 2.45) is 5.92 Å². The Hall–Kier alpha value is -2.80. The summed E-state index contributed by atoms with van der Waals surface area (Å²) in [5, 5.41) is 11.2. The van der Waals surface area contributed by atoms with Crippen LogP contribution in [0.25, 0.3) is 0 Å². The maximum absolute atomic E-state index is 13.5. The average molecular weight is 405 g/mol. The second kappa shape index (κ2) is 7.31. The van der Waals surface area contributed by atoms with Crippen LogP contribution in [0.5, 0.6) is 11.5 Å². The number of nitrogens with one attached hydrogen (secondary N) is 2. The molecule has 0 saturated carbocycles. The number of rotatable bonds is 5. The lowest BCUT2D eigenvalue weighted by Crippen LogP contribution is -2.51. The number of allylic oxidation sites excluding steroid dienone is 2. The van der Waals surface area contributed by atoms with Crippen LogP contribution in [0.4, 0.5) is 0 Å². The van der Waals surface area contributed by atoms with Crippen molar-refractivity contribution in [2.75, 3.05) is 21.3 Å². The van der Waals surface area contributed by atoms with Gasteiger partial charge in [0.15, 0.2) is 17.3 Å². The Balaban J connectivity index is 2.22. The molecule has 0 aromatic heterocycles. The number of carbonyl (C=O) groups is 2. The van der Waals surface area contributed by atoms with Gasteiger partial charge in [0, 0.05) is 31.0 Å². The second-order valence-corrected chi connectivity index (χ2v) is 7.01. The molecule has 0 saturated heterocycles. The smallest absolute Gasteiger partial charge is 0.231 e. The summed E-state index contributed by atoms with van der Waals surface area (Å²) in [6.45, 7) is 1.76. The fourth-order valence-corrected chi connectivity index (χ4v) is 3.92. The number of hydrogen-bond donors (Lipinski definition) is 2. The SMILES string of the molecule is CN/C=C\C(=N)c1cc(OC)c2c(c1Cl)O[C@]1(C2=O)C(OC)=CC(=O)C[C@H]1C. The number of Topliss-reactive ketones (excluding diaryl/α,β-unsaturated/α-hetero) is 1. The number of halogens is 1. The number of ketones is 2. The largest absolute Gasteiger partial charge is 0.496 e. The molecule has 0 bridgehead atoms. The summed E-state index contributed by atoms with van der Waals surface area (Å²) in [7, 11) is 4.53. The molecule has 0 radical (unpaired) electrons. The van der Waals surface area contributed by atoms with Gasteiger partial charge in [0.2, 0.25) is 11.4 Å². The highest BCUT2D eigenvalue weighted by atomic mass is 35.5. The molecule has 1 spiro atoms. The lowest BCUT2D eigenvalue weighted by Gasteiger charge is -2.36. The highest BCUT2D eigenvalue weighted by Gasteiger charge is 2.59. The molecule has 7 nitrogen and oxygen atoms in total. The van der Waals surface area contributed by atoms with Crippen LogP contribution >= 0.6 is 11.6 Å². The standard InChI is InChI=1S/C20H21ClN2O5/c1-10-7-11(24)8-15(27-4)20(10)19(25)16-14(26-3)9-12(13(22)5-6-23-2)17(21)18(16)28-20/h5-6,8-10,22-23H,7H2,1-4H3/b6-5-,22-13?/t10-,20+/m1/s1. The predicted molar refractivity (Wildman–Crippen MR) is 105 cm³/mol. The number of benzene rings is 1. The third-order valence-corrected chi connectivity index (χ3v) is 5.39. The van der Waals surface area contributed by atoms with E-state index in [1.165, 1.54) is 26.4 Å². The minimum Gasteiger partial charge on any atom is -0.496 e. The Bertz CT molecular complexity index is 937. The van der Waals surface area contributed by atoms with E-state index < -0.39 is 11.5 Å². The molecule has 3 rings (SSSR count). The maximum Gasteiger partial charge on any atom is 0.231 e. The fourth-order valence-electron chi connectivity index (χ4n) is 3.63. The lowest BCUT2D eigenvalue weighted by molar-refractivity contribution is -0.118. The average Bonchev–Trinajstić information content (AvgIpc) is 2.98. The van der Waals surface area contributed by atoms with Gasteiger partial charge in [-0.1, -0.05) is 18.5 Å². The van der Waals surface area contributed by atoms with Gasteiger partial charge in [0.25, 0.3) is 0 Å². The number of carbonyl (C=O) groups excluding carboxylic acids is 2. The van der Waals surface area contributed by atoms with Gasteiger partial charge in [0.05, 0.1) is 25.0 Å². The molecule has 2 aliphatic rings. The van der Waals surface area contributed by atoms with Gasteiger partial charge in [-0.25, -0.2) is 0 Å². The first-order chi connectivity index (χ1) is 13.3. The van der Waals surface area contributed by atoms with E-state index in [4.69, 9.17) is 31.2 Å². The van der Waals surface area contributed by atoms with Gasteiger partial charge in [-0.05, 0) is 18.3 Å². The van der Waals surface area contributed by atoms with Gasteiger partial charge < -0.3 is 24.9 Å². The van der Waals surface area contributed by atoms with E-state index in [1.54, 1.807) is 26.2 Å². The zero-order valence-corrected chi connectivity index (χ0v) is 16.8. The van der Waals surface area contributed by atoms with Crippen molar-refractivity contribution in [1.29, 1.82) is 5.41 Å². The summed E-state index contributed by atoms with van der Waals surface area (Å²) in [5.74, 6) is -0.459. The predicted octanol–water partition coefficient (Wildman–Crippen LogP) is 2.90. The topological polar surface area (TPSA) is 97.7 Å². The molecule has 1 aliphatic heterocycles. The first kappa shape index (κ1) is 19.9. The molecule has 1 aromatic carbocycles. The van der Waals surface area contributed by atoms with Gasteiger partial charge in [-0.3, -0.25) is 9.59 Å². The molecule has 1 heterocycles. The molecule has 0 amide bonds. The highest BCUT2D eigenvalue weighted by Crippen LogP contribution is 2.53. The second-order valence-electron chi connectivity index (χ2n) is 6.63. The molecule has 148 valence electrons. The van der Waals surface area contributed by atoms with Crippen LogP contribution in [0, 0.1) is 11.3 Å². The summed E-state index contributed by atoms with van der Waals surface area (Å²) in [4.78, 5) is 25.5. The Morgan fingerprint density at radius 1 is 1.39 bits per heavy atom. The number of fused-ring (bicyclic) bond motifs is 1. The summed E-state index contributed by atoms with van der Waals surface area (Å²) >= 11 is 6.54. The van der Waals surface area contributed by atoms with Crippen LogP contribution in [-0.4, -0.2) is 44.1 Å². The van der Waals surface area contributed by atoms with E-state index >= 15 is 0 Å². The molecule has 8 heteroatoms. The molecular weight excluding hydrogens is 384 g/mol. The third-order valence-electron chi connectivity index (χ3n) is 5.02. The van der Waals surface area contributed by atoms with E-state index in [-0.39, 0.29) is 51.5 Å². The lowest BCUT2D eigenvalue weighted by atomic mass is 9.75. The van der Waals surface area contributed by atoms with Crippen molar-refractivity contribution < 1.29 is 23.8 Å². The summed E-state index contributed by atoms with van der Waals surface area (Å²) in [6, 6.07) is 1.54. The Kier molecular flexibility index (Phi) is 5.21. The van der Waals surface area contributed by atoms with Gasteiger partial charge in [-0.2, -0.15) is 0 Å². The Morgan fingerprint density at radius 2 is 2.11 bits per heavy atom. The summed E-state index contributed by atoms with van der Waals surface area (Å²) in [5.41, 5.74) is -0.822. The first-order valence-corrected chi connectivity index (χ1v) is 9.05. The van der Waals surface area contributed by atoms with E-state index in [1.807, 2.05) is 0 Å². The van der Waals surface area contributed by atoms with Crippen LogP contribution < -0.4 is 14.8 Å². The van der Waals surface area contributed by atoms with Crippen LogP contribution in [-0.2, 0) is 9.53 Å². The minimum absolute atomic E-state index is 0.117. The summed E-state index contributed by atoms with van der Waals surface area (Å²) in [6.07, 6.45) is 4.55. The quantitative estimate of drug-likeness (QED) is 0.732. The molecule has 0 unspecified atom stereocenters. The Morgan fingerprint density at radius 3 is 2.71 bits per heavy atom. The maximum atomic E-state index is 13.5. The van der Waals surface area contributed by atoms with Crippen LogP contribution in [0.1, 0.15) is 29.3 Å². The zero-order chi connectivity index (χ0) is 20.6. The monoisotopic (exact) mass is 404 g/mol. The zero-order valence-electron chi connectivity index (χ0n) is 16.0. The number of hydrogen-bond acceptors (Lipinski definition) is 7. The van der Waals surface area contributed by atoms with E-state index in [0.717, 1.165) is 0 Å². The highest BCUT2D eigenvalue weighted by molar-refractivity contribution is 6.37. The molecule has 1 aliphatic carbocycles. The normalized spacial score (nSPS) is 23.5. The van der Waals surface area contributed by atoms with E-state index in [0.29, 0.717) is 5.56 Å². The Labute approximate surface area is 167 Å². The first-order valence-electron chi connectivity index (χ1n) is 8.67. The van der Waals surface area contributed by atoms with Gasteiger partial charge in [0.1, 0.15) is 11.3 Å². The van der Waals surface area contributed by atoms with Crippen molar-refractivity contribution >= 4 is 28.9 Å². The van der Waals surface area contributed by atoms with Crippen molar-refractivity contribution in [2.45, 2.75) is 18.9 Å². The van der Waals surface area contributed by atoms with Crippen LogP contribution in [0.2, 0.25) is 5.02 Å². The van der Waals surface area contributed by atoms with Gasteiger partial charge in [-0.15, -0.1) is 0 Å². The minimum atomic E-state index is -1.48. The molecule has 2 atom stereocenters. The molecule has 2 N–H and O–H groups in total. The van der Waals surface area contributed by atoms with E-state index in [2.05, 4.69) is 5.32 Å². The summed E-state index contributed by atoms with van der Waals surface area (Å²) < 4.78 is 16.9. The van der Waals surface area contributed by atoms with Crippen molar-refractivity contribution in [3.05, 3.63) is 46.3 Å². The van der Waals surface area contributed by atoms with Crippen LogP contribution in [0.15, 0.2) is 30.2 Å². The van der Waals surface area contributed by atoms with Crippen molar-refractivity contribution in [3.8, 4) is 11.5 Å². The molecule has 0 fully saturated rings. The number of methoxy groups -OCH3 is 2. The molecular formula is C20H21ClN2O5. The van der Waals surface area contributed by atoms with Gasteiger partial charge >= 0.3 is 0 Å². The van der Waals surface area contributed by atoms with Crippen molar-refractivity contribution in [3.63, 3.8) is 0 Å². The van der Waals surface area contributed by atoms with Crippen molar-refractivity contribution in [1.82, 2.24) is 5.32 Å². The molecule has 28 heavy (non-hydrogen) atoms. The van der Waals surface area contributed by atoms with E-state index in [9.17, 15) is 9.59 Å².